The third kappa shape index (κ3) is 2.97. The van der Waals surface area contributed by atoms with Gasteiger partial charge in [-0.3, -0.25) is 14.5 Å². The van der Waals surface area contributed by atoms with E-state index in [0.717, 1.165) is 11.3 Å². The van der Waals surface area contributed by atoms with Crippen molar-refractivity contribution in [3.63, 3.8) is 0 Å². The molecular formula is C20H14FN3O3S. The van der Waals surface area contributed by atoms with Gasteiger partial charge in [0.05, 0.1) is 11.6 Å². The van der Waals surface area contributed by atoms with Crippen LogP contribution in [0.5, 0.6) is 0 Å². The largest absolute Gasteiger partial charge is 0.507 e. The van der Waals surface area contributed by atoms with Crippen LogP contribution in [-0.2, 0) is 9.59 Å². The Morgan fingerprint density at radius 3 is 2.36 bits per heavy atom. The van der Waals surface area contributed by atoms with Crippen LogP contribution in [0.4, 0.5) is 9.52 Å². The number of anilines is 1. The van der Waals surface area contributed by atoms with Crippen molar-refractivity contribution in [3.05, 3.63) is 82.1 Å². The molecule has 0 saturated carbocycles. The molecule has 1 atom stereocenters. The van der Waals surface area contributed by atoms with E-state index in [4.69, 9.17) is 0 Å². The number of aliphatic hydroxyl groups excluding tert-OH is 1. The molecule has 2 aromatic carbocycles. The SMILES string of the molecule is Cc1nnc(N2C(=O)C(=O)C(=C(O)c3ccccc3)[C@@H]2c2ccc(F)cc2)s1. The number of nitrogens with zero attached hydrogens (tertiary/aromatic N) is 3. The number of hydrogen-bond donors (Lipinski definition) is 1. The molecule has 28 heavy (non-hydrogen) atoms. The molecule has 0 spiro atoms. The van der Waals surface area contributed by atoms with Crippen LogP contribution in [0.3, 0.4) is 0 Å². The summed E-state index contributed by atoms with van der Waals surface area (Å²) in [7, 11) is 0. The zero-order chi connectivity index (χ0) is 19.8. The van der Waals surface area contributed by atoms with Crippen molar-refractivity contribution in [1.29, 1.82) is 0 Å². The fourth-order valence-electron chi connectivity index (χ4n) is 3.13. The predicted octanol–water partition coefficient (Wildman–Crippen LogP) is 3.61. The molecular weight excluding hydrogens is 381 g/mol. The number of amides is 1. The lowest BCUT2D eigenvalue weighted by atomic mass is 9.95. The molecule has 4 rings (SSSR count). The van der Waals surface area contributed by atoms with Crippen LogP contribution in [0, 0.1) is 12.7 Å². The standard InChI is InChI=1S/C20H14FN3O3S/c1-11-22-23-20(28-11)24-16(12-7-9-14(21)10-8-12)15(18(26)19(24)27)17(25)13-5-3-2-4-6-13/h2-10,16,25H,1H3/t16-/m0/s1. The number of aryl methyl sites for hydroxylation is 1. The predicted molar refractivity (Wildman–Crippen MR) is 102 cm³/mol. The van der Waals surface area contributed by atoms with Crippen LogP contribution in [-0.4, -0.2) is 27.0 Å². The summed E-state index contributed by atoms with van der Waals surface area (Å²) in [4.78, 5) is 26.8. The summed E-state index contributed by atoms with van der Waals surface area (Å²) in [5.41, 5.74) is 0.808. The summed E-state index contributed by atoms with van der Waals surface area (Å²) in [5.74, 6) is -2.39. The van der Waals surface area contributed by atoms with Crippen LogP contribution < -0.4 is 4.90 Å². The average Bonchev–Trinajstić information content (AvgIpc) is 3.24. The van der Waals surface area contributed by atoms with Crippen molar-refractivity contribution in [2.75, 3.05) is 4.90 Å². The van der Waals surface area contributed by atoms with E-state index in [1.165, 1.54) is 29.2 Å². The molecule has 1 aliphatic rings. The fourth-order valence-corrected chi connectivity index (χ4v) is 3.84. The highest BCUT2D eigenvalue weighted by Crippen LogP contribution is 2.42. The molecule has 1 aliphatic heterocycles. The Morgan fingerprint density at radius 1 is 1.07 bits per heavy atom. The van der Waals surface area contributed by atoms with Gasteiger partial charge in [0.2, 0.25) is 5.13 Å². The van der Waals surface area contributed by atoms with Crippen LogP contribution in [0.2, 0.25) is 0 Å². The van der Waals surface area contributed by atoms with E-state index in [0.29, 0.717) is 16.1 Å². The second kappa shape index (κ2) is 6.97. The Balaban J connectivity index is 1.94. The minimum atomic E-state index is -0.937. The van der Waals surface area contributed by atoms with Gasteiger partial charge in [-0.25, -0.2) is 4.39 Å². The van der Waals surface area contributed by atoms with E-state index in [1.54, 1.807) is 37.3 Å². The maximum absolute atomic E-state index is 13.4. The van der Waals surface area contributed by atoms with Crippen molar-refractivity contribution in [2.45, 2.75) is 13.0 Å². The van der Waals surface area contributed by atoms with Gasteiger partial charge < -0.3 is 5.11 Å². The lowest BCUT2D eigenvalue weighted by Crippen LogP contribution is -2.29. The summed E-state index contributed by atoms with van der Waals surface area (Å²) in [6, 6.07) is 13.0. The maximum Gasteiger partial charge on any atom is 0.301 e. The van der Waals surface area contributed by atoms with Crippen LogP contribution in [0.15, 0.2) is 60.2 Å². The number of halogens is 1. The Kier molecular flexibility index (Phi) is 4.48. The van der Waals surface area contributed by atoms with Crippen LogP contribution >= 0.6 is 11.3 Å². The molecule has 6 nitrogen and oxygen atoms in total. The highest BCUT2D eigenvalue weighted by atomic mass is 32.1. The molecule has 3 aromatic rings. The second-order valence-corrected chi connectivity index (χ2v) is 7.35. The van der Waals surface area contributed by atoms with Crippen LogP contribution in [0.25, 0.3) is 5.76 Å². The molecule has 0 radical (unpaired) electrons. The number of carbonyl (C=O) groups excluding carboxylic acids is 2. The van der Waals surface area contributed by atoms with Gasteiger partial charge in [-0.15, -0.1) is 10.2 Å². The van der Waals surface area contributed by atoms with Crippen molar-refractivity contribution in [3.8, 4) is 0 Å². The molecule has 0 bridgehead atoms. The Morgan fingerprint density at radius 2 is 1.75 bits per heavy atom. The molecule has 0 unspecified atom stereocenters. The minimum absolute atomic E-state index is 0.0735. The van der Waals surface area contributed by atoms with Gasteiger partial charge in [-0.2, -0.15) is 0 Å². The van der Waals surface area contributed by atoms with E-state index in [1.807, 2.05) is 0 Å². The van der Waals surface area contributed by atoms with Crippen molar-refractivity contribution in [1.82, 2.24) is 10.2 Å². The molecule has 1 aromatic heterocycles. The summed E-state index contributed by atoms with van der Waals surface area (Å²) in [6.07, 6.45) is 0. The number of benzene rings is 2. The van der Waals surface area contributed by atoms with E-state index in [2.05, 4.69) is 10.2 Å². The van der Waals surface area contributed by atoms with Gasteiger partial charge >= 0.3 is 5.91 Å². The number of carbonyl (C=O) groups is 2. The van der Waals surface area contributed by atoms with E-state index < -0.39 is 23.5 Å². The minimum Gasteiger partial charge on any atom is -0.507 e. The Bertz CT molecular complexity index is 1090. The first-order valence-corrected chi connectivity index (χ1v) is 9.21. The normalized spacial score (nSPS) is 18.6. The molecule has 1 amide bonds. The summed E-state index contributed by atoms with van der Waals surface area (Å²) >= 11 is 1.15. The molecule has 2 heterocycles. The summed E-state index contributed by atoms with van der Waals surface area (Å²) < 4.78 is 13.4. The number of hydrogen-bond acceptors (Lipinski definition) is 6. The molecule has 1 fully saturated rings. The number of aromatic nitrogens is 2. The molecule has 1 N–H and O–H groups in total. The Hall–Kier alpha value is -3.39. The molecule has 140 valence electrons. The van der Waals surface area contributed by atoms with Crippen molar-refractivity contribution >= 4 is 33.9 Å². The first kappa shape index (κ1) is 18.0. The molecule has 1 saturated heterocycles. The van der Waals surface area contributed by atoms with Gasteiger partial charge in [0.25, 0.3) is 5.78 Å². The van der Waals surface area contributed by atoms with Gasteiger partial charge in [-0.05, 0) is 24.6 Å². The second-order valence-electron chi connectivity index (χ2n) is 6.19. The summed E-state index contributed by atoms with van der Waals surface area (Å²) in [6.45, 7) is 1.73. The Labute approximate surface area is 163 Å². The van der Waals surface area contributed by atoms with Gasteiger partial charge in [0.1, 0.15) is 16.6 Å². The number of ketones is 1. The lowest BCUT2D eigenvalue weighted by Gasteiger charge is -2.22. The van der Waals surface area contributed by atoms with Crippen LogP contribution in [0.1, 0.15) is 22.2 Å². The van der Waals surface area contributed by atoms with E-state index in [9.17, 15) is 19.1 Å². The number of aliphatic hydroxyl groups is 1. The molecule has 8 heteroatoms. The van der Waals surface area contributed by atoms with Gasteiger partial charge in [0.15, 0.2) is 0 Å². The zero-order valence-electron chi connectivity index (χ0n) is 14.7. The summed E-state index contributed by atoms with van der Waals surface area (Å²) in [5, 5.41) is 19.6. The number of Topliss-reactive ketones (excluding diaryl/α,β-unsaturated/α-hetero) is 1. The van der Waals surface area contributed by atoms with Gasteiger partial charge in [0, 0.05) is 5.56 Å². The van der Waals surface area contributed by atoms with E-state index >= 15 is 0 Å². The van der Waals surface area contributed by atoms with Gasteiger partial charge in [-0.1, -0.05) is 53.8 Å². The quantitative estimate of drug-likeness (QED) is 0.416. The first-order chi connectivity index (χ1) is 13.5. The smallest absolute Gasteiger partial charge is 0.301 e. The highest BCUT2D eigenvalue weighted by Gasteiger charge is 2.48. The van der Waals surface area contributed by atoms with Crippen molar-refractivity contribution < 1.29 is 19.1 Å². The highest BCUT2D eigenvalue weighted by molar-refractivity contribution is 7.15. The fraction of sp³-hybridized carbons (Fsp3) is 0.100. The zero-order valence-corrected chi connectivity index (χ0v) is 15.5. The van der Waals surface area contributed by atoms with Crippen molar-refractivity contribution in [2.24, 2.45) is 0 Å². The monoisotopic (exact) mass is 395 g/mol. The first-order valence-electron chi connectivity index (χ1n) is 8.39. The third-order valence-corrected chi connectivity index (χ3v) is 5.24. The molecule has 0 aliphatic carbocycles. The number of rotatable bonds is 3. The lowest BCUT2D eigenvalue weighted by molar-refractivity contribution is -0.132. The third-order valence-electron chi connectivity index (χ3n) is 4.40. The topological polar surface area (TPSA) is 83.4 Å². The average molecular weight is 395 g/mol. The maximum atomic E-state index is 13.4. The van der Waals surface area contributed by atoms with E-state index in [-0.39, 0.29) is 16.5 Å².